The molecule has 0 N–H and O–H groups in total. The molecule has 0 rings (SSSR count). The molecular weight excluding hydrogens is 266 g/mol. The Morgan fingerprint density at radius 1 is 1.60 bits per heavy atom. The highest BCUT2D eigenvalue weighted by Crippen LogP contribution is 2.17. The molecule has 0 aromatic carbocycles. The molecule has 0 saturated heterocycles. The third-order valence-corrected chi connectivity index (χ3v) is 2.38. The van der Waals surface area contributed by atoms with Crippen LogP contribution in [-0.2, 0) is 7.80 Å². The van der Waals surface area contributed by atoms with Crippen LogP contribution in [0.25, 0.3) is 0 Å². The molecule has 0 aromatic rings. The molecule has 0 aliphatic carbocycles. The monoisotopic (exact) mass is 278 g/mol. The Balaban J connectivity index is 3.64. The molecule has 0 heterocycles. The standard InChI is InChI=1S/C6H12ClIO2/c1-5(4-7)9-6(2,3)10-8/h5H,4H2,1-3H3. The molecule has 0 saturated carbocycles. The molecule has 2 nitrogen and oxygen atoms in total. The van der Waals surface area contributed by atoms with Crippen molar-refractivity contribution in [3.8, 4) is 0 Å². The van der Waals surface area contributed by atoms with Gasteiger partial charge in [0.1, 0.15) is 23.0 Å². The second kappa shape index (κ2) is 4.74. The van der Waals surface area contributed by atoms with Gasteiger partial charge in [-0.25, -0.2) is 0 Å². The van der Waals surface area contributed by atoms with Gasteiger partial charge in [0.05, 0.1) is 6.10 Å². The van der Waals surface area contributed by atoms with Crippen LogP contribution < -0.4 is 0 Å². The van der Waals surface area contributed by atoms with Crippen molar-refractivity contribution in [2.75, 3.05) is 5.88 Å². The Bertz CT molecular complexity index is 97.7. The molecule has 0 spiro atoms. The summed E-state index contributed by atoms with van der Waals surface area (Å²) in [6, 6.07) is 0. The van der Waals surface area contributed by atoms with Crippen LogP contribution in [0.3, 0.4) is 0 Å². The third kappa shape index (κ3) is 4.71. The molecular formula is C6H12ClIO2. The lowest BCUT2D eigenvalue weighted by Crippen LogP contribution is -2.30. The largest absolute Gasteiger partial charge is 0.345 e. The van der Waals surface area contributed by atoms with Gasteiger partial charge in [0.2, 0.25) is 0 Å². The summed E-state index contributed by atoms with van der Waals surface area (Å²) in [5.41, 5.74) is 0. The van der Waals surface area contributed by atoms with Crippen molar-refractivity contribution in [3.63, 3.8) is 0 Å². The topological polar surface area (TPSA) is 18.5 Å². The van der Waals surface area contributed by atoms with Gasteiger partial charge < -0.3 is 4.74 Å². The van der Waals surface area contributed by atoms with E-state index in [9.17, 15) is 0 Å². The molecule has 62 valence electrons. The summed E-state index contributed by atoms with van der Waals surface area (Å²) in [5.74, 6) is -0.0434. The number of ether oxygens (including phenoxy) is 1. The zero-order valence-corrected chi connectivity index (χ0v) is 9.27. The van der Waals surface area contributed by atoms with Crippen molar-refractivity contribution in [1.29, 1.82) is 0 Å². The van der Waals surface area contributed by atoms with Crippen molar-refractivity contribution in [3.05, 3.63) is 0 Å². The summed E-state index contributed by atoms with van der Waals surface area (Å²) >= 11 is 7.34. The fourth-order valence-electron chi connectivity index (χ4n) is 0.534. The van der Waals surface area contributed by atoms with E-state index in [2.05, 4.69) is 0 Å². The first-order chi connectivity index (χ1) is 4.52. The molecule has 0 radical (unpaired) electrons. The molecule has 0 fully saturated rings. The highest BCUT2D eigenvalue weighted by atomic mass is 127. The van der Waals surface area contributed by atoms with Crippen LogP contribution in [0.4, 0.5) is 0 Å². The molecule has 1 atom stereocenters. The predicted molar refractivity (Wildman–Crippen MR) is 50.5 cm³/mol. The van der Waals surface area contributed by atoms with Gasteiger partial charge in [-0.1, -0.05) is 0 Å². The lowest BCUT2D eigenvalue weighted by molar-refractivity contribution is -0.157. The Morgan fingerprint density at radius 2 is 2.10 bits per heavy atom. The van der Waals surface area contributed by atoms with Gasteiger partial charge in [-0.2, -0.15) is 0 Å². The molecule has 1 unspecified atom stereocenters. The second-order valence-electron chi connectivity index (χ2n) is 2.56. The van der Waals surface area contributed by atoms with Crippen LogP contribution in [0.2, 0.25) is 0 Å². The minimum atomic E-state index is -0.533. The second-order valence-corrected chi connectivity index (χ2v) is 3.31. The highest BCUT2D eigenvalue weighted by Gasteiger charge is 2.20. The van der Waals surface area contributed by atoms with Crippen LogP contribution >= 0.6 is 34.6 Å². The van der Waals surface area contributed by atoms with Crippen LogP contribution in [-0.4, -0.2) is 17.8 Å². The van der Waals surface area contributed by atoms with E-state index in [1.54, 1.807) is 0 Å². The average molecular weight is 279 g/mol. The molecule has 0 aliphatic heterocycles. The van der Waals surface area contributed by atoms with Gasteiger partial charge in [-0.05, 0) is 20.8 Å². The van der Waals surface area contributed by atoms with Crippen molar-refractivity contribution in [2.24, 2.45) is 0 Å². The van der Waals surface area contributed by atoms with Crippen LogP contribution in [0.1, 0.15) is 20.8 Å². The van der Waals surface area contributed by atoms with Gasteiger partial charge in [0.25, 0.3) is 0 Å². The number of hydrogen-bond donors (Lipinski definition) is 0. The quantitative estimate of drug-likeness (QED) is 0.447. The van der Waals surface area contributed by atoms with Crippen LogP contribution in [0.5, 0.6) is 0 Å². The van der Waals surface area contributed by atoms with Crippen molar-refractivity contribution < 1.29 is 7.80 Å². The Kier molecular flexibility index (Phi) is 5.19. The van der Waals surface area contributed by atoms with E-state index in [-0.39, 0.29) is 6.10 Å². The predicted octanol–water partition coefficient (Wildman–Crippen LogP) is 2.73. The molecule has 10 heavy (non-hydrogen) atoms. The Labute approximate surface area is 80.9 Å². The zero-order chi connectivity index (χ0) is 8.20. The summed E-state index contributed by atoms with van der Waals surface area (Å²) in [6.07, 6.45) is 0.0337. The first-order valence-electron chi connectivity index (χ1n) is 3.05. The number of rotatable bonds is 4. The van der Waals surface area contributed by atoms with Crippen LogP contribution in [0.15, 0.2) is 0 Å². The molecule has 0 aromatic heterocycles. The summed E-state index contributed by atoms with van der Waals surface area (Å²) in [7, 11) is 0. The molecule has 0 aliphatic rings. The number of alkyl halides is 1. The van der Waals surface area contributed by atoms with E-state index < -0.39 is 5.79 Å². The van der Waals surface area contributed by atoms with Gasteiger partial charge in [0.15, 0.2) is 5.79 Å². The van der Waals surface area contributed by atoms with Gasteiger partial charge in [-0.3, -0.25) is 3.07 Å². The highest BCUT2D eigenvalue weighted by molar-refractivity contribution is 14.1. The fraction of sp³-hybridized carbons (Fsp3) is 1.00. The fourth-order valence-corrected chi connectivity index (χ4v) is 0.701. The van der Waals surface area contributed by atoms with E-state index in [4.69, 9.17) is 19.4 Å². The number of hydrogen-bond acceptors (Lipinski definition) is 2. The Hall–Kier alpha value is 0.940. The van der Waals surface area contributed by atoms with Crippen molar-refractivity contribution >= 4 is 34.6 Å². The molecule has 4 heteroatoms. The number of halogens is 2. The normalized spacial score (nSPS) is 15.3. The minimum absolute atomic E-state index is 0.0337. The molecule has 0 bridgehead atoms. The van der Waals surface area contributed by atoms with Crippen molar-refractivity contribution in [1.82, 2.24) is 0 Å². The van der Waals surface area contributed by atoms with Gasteiger partial charge in [-0.15, -0.1) is 11.6 Å². The summed E-state index contributed by atoms with van der Waals surface area (Å²) in [6.45, 7) is 5.61. The summed E-state index contributed by atoms with van der Waals surface area (Å²) in [5, 5.41) is 0. The van der Waals surface area contributed by atoms with E-state index in [1.165, 1.54) is 0 Å². The van der Waals surface area contributed by atoms with E-state index in [0.29, 0.717) is 5.88 Å². The van der Waals surface area contributed by atoms with Gasteiger partial charge >= 0.3 is 0 Å². The minimum Gasteiger partial charge on any atom is -0.345 e. The van der Waals surface area contributed by atoms with Crippen molar-refractivity contribution in [2.45, 2.75) is 32.7 Å². The van der Waals surface area contributed by atoms with E-state index >= 15 is 0 Å². The van der Waals surface area contributed by atoms with E-state index in [1.807, 2.05) is 43.8 Å². The first kappa shape index (κ1) is 10.9. The lowest BCUT2D eigenvalue weighted by atomic mass is 10.3. The van der Waals surface area contributed by atoms with E-state index in [0.717, 1.165) is 0 Å². The lowest BCUT2D eigenvalue weighted by Gasteiger charge is -2.24. The maximum absolute atomic E-state index is 5.53. The first-order valence-corrected chi connectivity index (χ1v) is 4.47. The summed E-state index contributed by atoms with van der Waals surface area (Å²) in [4.78, 5) is 0. The maximum atomic E-state index is 5.53. The maximum Gasteiger partial charge on any atom is 0.174 e. The van der Waals surface area contributed by atoms with Gasteiger partial charge in [0, 0.05) is 5.88 Å². The zero-order valence-electron chi connectivity index (χ0n) is 6.36. The third-order valence-electron chi connectivity index (χ3n) is 0.888. The smallest absolute Gasteiger partial charge is 0.174 e. The summed E-state index contributed by atoms with van der Waals surface area (Å²) < 4.78 is 10.4. The Morgan fingerprint density at radius 3 is 2.40 bits per heavy atom. The molecule has 0 amide bonds. The average Bonchev–Trinajstić information content (AvgIpc) is 1.87. The van der Waals surface area contributed by atoms with Crippen LogP contribution in [0, 0.1) is 0 Å². The SMILES string of the molecule is CC(CCl)OC(C)(C)OI.